The van der Waals surface area contributed by atoms with Crippen molar-refractivity contribution in [2.24, 2.45) is 0 Å². The Labute approximate surface area is 77.1 Å². The van der Waals surface area contributed by atoms with Gasteiger partial charge in [0.1, 0.15) is 0 Å². The maximum Gasteiger partial charge on any atom is 0.0502 e. The van der Waals surface area contributed by atoms with Crippen molar-refractivity contribution < 1.29 is 0 Å². The van der Waals surface area contributed by atoms with Gasteiger partial charge in [-0.1, -0.05) is 36.5 Å². The number of rotatable bonds is 2. The van der Waals surface area contributed by atoms with Crippen LogP contribution in [0.1, 0.15) is 18.9 Å². The fraction of sp³-hybridized carbons (Fsp3) is 0.333. The maximum atomic E-state index is 5.78. The van der Waals surface area contributed by atoms with Gasteiger partial charge in [0.05, 0.1) is 5.02 Å². The van der Waals surface area contributed by atoms with Gasteiger partial charge in [-0.25, -0.2) is 0 Å². The SMILES string of the molecule is CCCc1[c]c(Cl)cc(Cl)c1. The highest BCUT2D eigenvalue weighted by molar-refractivity contribution is 6.34. The molecule has 0 fully saturated rings. The summed E-state index contributed by atoms with van der Waals surface area (Å²) in [4.78, 5) is 0. The fourth-order valence-corrected chi connectivity index (χ4v) is 1.49. The van der Waals surface area contributed by atoms with E-state index in [2.05, 4.69) is 13.0 Å². The second kappa shape index (κ2) is 3.99. The maximum absolute atomic E-state index is 5.78. The molecule has 0 N–H and O–H groups in total. The highest BCUT2D eigenvalue weighted by Gasteiger charge is 1.96. The van der Waals surface area contributed by atoms with Crippen LogP contribution in [0.4, 0.5) is 0 Å². The van der Waals surface area contributed by atoms with E-state index in [9.17, 15) is 0 Å². The molecule has 0 atom stereocenters. The Balaban J connectivity index is 2.89. The molecule has 0 bridgehead atoms. The normalized spacial score (nSPS) is 10.1. The minimum Gasteiger partial charge on any atom is -0.0843 e. The molecule has 0 unspecified atom stereocenters. The van der Waals surface area contributed by atoms with Gasteiger partial charge in [-0.15, -0.1) is 0 Å². The number of aryl methyl sites for hydroxylation is 1. The first kappa shape index (κ1) is 8.89. The topological polar surface area (TPSA) is 0 Å². The Hall–Kier alpha value is -0.200. The van der Waals surface area contributed by atoms with E-state index < -0.39 is 0 Å². The molecule has 11 heavy (non-hydrogen) atoms. The summed E-state index contributed by atoms with van der Waals surface area (Å²) in [6.07, 6.45) is 2.08. The van der Waals surface area contributed by atoms with Crippen LogP contribution in [0.2, 0.25) is 10.0 Å². The summed E-state index contributed by atoms with van der Waals surface area (Å²) in [5.74, 6) is 0. The number of benzene rings is 1. The number of hydrogen-bond donors (Lipinski definition) is 0. The van der Waals surface area contributed by atoms with E-state index in [1.54, 1.807) is 6.07 Å². The van der Waals surface area contributed by atoms with Crippen LogP contribution in [-0.4, -0.2) is 0 Å². The Morgan fingerprint density at radius 1 is 1.36 bits per heavy atom. The molecular formula is C9H9Cl2. The van der Waals surface area contributed by atoms with Gasteiger partial charge in [0.2, 0.25) is 0 Å². The number of hydrogen-bond acceptors (Lipinski definition) is 0. The first-order valence-corrected chi connectivity index (χ1v) is 4.35. The summed E-state index contributed by atoms with van der Waals surface area (Å²) >= 11 is 11.5. The molecule has 1 radical (unpaired) electrons. The quantitative estimate of drug-likeness (QED) is 0.662. The van der Waals surface area contributed by atoms with Crippen LogP contribution in [0, 0.1) is 6.07 Å². The van der Waals surface area contributed by atoms with Crippen molar-refractivity contribution in [3.8, 4) is 0 Å². The van der Waals surface area contributed by atoms with Gasteiger partial charge in [-0.3, -0.25) is 0 Å². The van der Waals surface area contributed by atoms with Gasteiger partial charge in [0.25, 0.3) is 0 Å². The zero-order valence-corrected chi connectivity index (χ0v) is 7.84. The third-order valence-corrected chi connectivity index (χ3v) is 1.80. The molecule has 1 rings (SSSR count). The molecule has 0 saturated heterocycles. The second-order valence-electron chi connectivity index (χ2n) is 2.42. The first-order valence-electron chi connectivity index (χ1n) is 3.59. The molecule has 0 nitrogen and oxygen atoms in total. The van der Waals surface area contributed by atoms with E-state index in [0.717, 1.165) is 18.4 Å². The van der Waals surface area contributed by atoms with E-state index in [1.807, 2.05) is 6.07 Å². The Morgan fingerprint density at radius 2 is 2.09 bits per heavy atom. The highest BCUT2D eigenvalue weighted by atomic mass is 35.5. The molecule has 0 heterocycles. The summed E-state index contributed by atoms with van der Waals surface area (Å²) in [6, 6.07) is 6.63. The van der Waals surface area contributed by atoms with E-state index in [1.165, 1.54) is 0 Å². The smallest absolute Gasteiger partial charge is 0.0502 e. The molecule has 2 heteroatoms. The lowest BCUT2D eigenvalue weighted by molar-refractivity contribution is 0.920. The second-order valence-corrected chi connectivity index (χ2v) is 3.27. The van der Waals surface area contributed by atoms with Crippen LogP contribution < -0.4 is 0 Å². The Bertz CT molecular complexity index is 223. The third kappa shape index (κ3) is 2.72. The van der Waals surface area contributed by atoms with Crippen molar-refractivity contribution in [1.29, 1.82) is 0 Å². The van der Waals surface area contributed by atoms with Crippen molar-refractivity contribution in [1.82, 2.24) is 0 Å². The van der Waals surface area contributed by atoms with Gasteiger partial charge in [0, 0.05) is 11.1 Å². The fourth-order valence-electron chi connectivity index (χ4n) is 0.959. The molecular weight excluding hydrogens is 179 g/mol. The van der Waals surface area contributed by atoms with E-state index >= 15 is 0 Å². The minimum absolute atomic E-state index is 0.598. The molecule has 0 saturated carbocycles. The lowest BCUT2D eigenvalue weighted by Gasteiger charge is -1.98. The summed E-state index contributed by atoms with van der Waals surface area (Å²) in [7, 11) is 0. The molecule has 0 spiro atoms. The molecule has 0 aliphatic carbocycles. The van der Waals surface area contributed by atoms with Crippen LogP contribution >= 0.6 is 23.2 Å². The van der Waals surface area contributed by atoms with Gasteiger partial charge >= 0.3 is 0 Å². The molecule has 0 aromatic heterocycles. The van der Waals surface area contributed by atoms with Crippen molar-refractivity contribution >= 4 is 23.2 Å². The average molecular weight is 188 g/mol. The molecule has 1 aromatic carbocycles. The summed E-state index contributed by atoms with van der Waals surface area (Å²) in [5, 5.41) is 1.29. The zero-order valence-electron chi connectivity index (χ0n) is 6.32. The van der Waals surface area contributed by atoms with Crippen LogP contribution in [-0.2, 0) is 6.42 Å². The summed E-state index contributed by atoms with van der Waals surface area (Å²) < 4.78 is 0. The standard InChI is InChI=1S/C9H9Cl2/c1-2-3-7-4-8(10)6-9(11)5-7/h4,6H,2-3H2,1H3. The van der Waals surface area contributed by atoms with E-state index in [4.69, 9.17) is 23.2 Å². The first-order chi connectivity index (χ1) is 5.22. The van der Waals surface area contributed by atoms with Crippen molar-refractivity contribution in [2.75, 3.05) is 0 Å². The summed E-state index contributed by atoms with van der Waals surface area (Å²) in [6.45, 7) is 2.11. The predicted molar refractivity (Wildman–Crippen MR) is 49.3 cm³/mol. The van der Waals surface area contributed by atoms with Crippen molar-refractivity contribution in [2.45, 2.75) is 19.8 Å². The highest BCUT2D eigenvalue weighted by Crippen LogP contribution is 2.18. The Morgan fingerprint density at radius 3 is 2.64 bits per heavy atom. The molecule has 1 aromatic rings. The Kier molecular flexibility index (Phi) is 3.22. The lowest BCUT2D eigenvalue weighted by Crippen LogP contribution is -1.82. The third-order valence-electron chi connectivity index (χ3n) is 1.38. The largest absolute Gasteiger partial charge is 0.0843 e. The van der Waals surface area contributed by atoms with Crippen molar-refractivity contribution in [3.05, 3.63) is 33.8 Å². The molecule has 0 aliphatic heterocycles. The van der Waals surface area contributed by atoms with E-state index in [0.29, 0.717) is 10.0 Å². The van der Waals surface area contributed by atoms with Crippen LogP contribution in [0.15, 0.2) is 12.1 Å². The molecule has 59 valence electrons. The van der Waals surface area contributed by atoms with Gasteiger partial charge in [0.15, 0.2) is 0 Å². The van der Waals surface area contributed by atoms with Crippen LogP contribution in [0.5, 0.6) is 0 Å². The van der Waals surface area contributed by atoms with Gasteiger partial charge < -0.3 is 0 Å². The van der Waals surface area contributed by atoms with Gasteiger partial charge in [-0.2, -0.15) is 0 Å². The minimum atomic E-state index is 0.598. The average Bonchev–Trinajstić information content (AvgIpc) is 1.85. The zero-order chi connectivity index (χ0) is 8.27. The van der Waals surface area contributed by atoms with Crippen LogP contribution in [0.25, 0.3) is 0 Å². The van der Waals surface area contributed by atoms with Crippen LogP contribution in [0.3, 0.4) is 0 Å². The number of halogens is 2. The monoisotopic (exact) mass is 187 g/mol. The molecule has 0 aliphatic rings. The van der Waals surface area contributed by atoms with Crippen molar-refractivity contribution in [3.63, 3.8) is 0 Å². The van der Waals surface area contributed by atoms with E-state index in [-0.39, 0.29) is 0 Å². The van der Waals surface area contributed by atoms with Gasteiger partial charge in [-0.05, 0) is 24.1 Å². The molecule has 0 amide bonds. The predicted octanol–water partition coefficient (Wildman–Crippen LogP) is 3.75. The lowest BCUT2D eigenvalue weighted by atomic mass is 10.1. The summed E-state index contributed by atoms with van der Waals surface area (Å²) in [5.41, 5.74) is 1.09.